The Hall–Kier alpha value is -1.06. The number of likely N-dealkylation sites (tertiary alicyclic amines) is 1. The number of rotatable bonds is 7. The Morgan fingerprint density at radius 1 is 1.29 bits per heavy atom. The quantitative estimate of drug-likeness (QED) is 0.781. The smallest absolute Gasteiger partial charge is 0.119 e. The van der Waals surface area contributed by atoms with Gasteiger partial charge in [-0.15, -0.1) is 0 Å². The first-order valence-corrected chi connectivity index (χ1v) is 8.28. The van der Waals surface area contributed by atoms with Gasteiger partial charge in [0, 0.05) is 19.1 Å². The van der Waals surface area contributed by atoms with Gasteiger partial charge in [-0.1, -0.05) is 26.0 Å². The van der Waals surface area contributed by atoms with Gasteiger partial charge in [-0.3, -0.25) is 0 Å². The van der Waals surface area contributed by atoms with Crippen molar-refractivity contribution < 1.29 is 4.74 Å². The topological polar surface area (TPSA) is 24.5 Å². The van der Waals surface area contributed by atoms with Crippen LogP contribution in [0, 0.1) is 12.8 Å². The van der Waals surface area contributed by atoms with Crippen molar-refractivity contribution in [3.63, 3.8) is 0 Å². The summed E-state index contributed by atoms with van der Waals surface area (Å²) in [4.78, 5) is 2.59. The second-order valence-corrected chi connectivity index (χ2v) is 6.59. The Balaban J connectivity index is 1.58. The molecule has 1 N–H and O–H groups in total. The fourth-order valence-electron chi connectivity index (χ4n) is 2.97. The number of nitrogens with one attached hydrogen (secondary N) is 1. The van der Waals surface area contributed by atoms with Crippen LogP contribution < -0.4 is 10.1 Å². The molecule has 21 heavy (non-hydrogen) atoms. The van der Waals surface area contributed by atoms with Crippen molar-refractivity contribution in [3.05, 3.63) is 29.8 Å². The standard InChI is InChI=1S/C18H30N2O/c1-15(2)14-20-10-7-17(8-11-20)19-9-12-21-18-6-4-5-16(3)13-18/h4-6,13,15,17,19H,7-12,14H2,1-3H3. The number of hydrogen-bond donors (Lipinski definition) is 1. The third-order valence-corrected chi connectivity index (χ3v) is 4.00. The number of piperidine rings is 1. The molecule has 1 aliphatic rings. The van der Waals surface area contributed by atoms with Gasteiger partial charge in [-0.2, -0.15) is 0 Å². The van der Waals surface area contributed by atoms with Crippen molar-refractivity contribution in [2.24, 2.45) is 5.92 Å². The molecule has 0 aliphatic carbocycles. The van der Waals surface area contributed by atoms with Crippen LogP contribution in [0.1, 0.15) is 32.3 Å². The summed E-state index contributed by atoms with van der Waals surface area (Å²) < 4.78 is 5.78. The van der Waals surface area contributed by atoms with Gasteiger partial charge in [0.05, 0.1) is 0 Å². The average molecular weight is 290 g/mol. The molecule has 0 bridgehead atoms. The number of benzene rings is 1. The second kappa shape index (κ2) is 8.40. The number of nitrogens with zero attached hydrogens (tertiary/aromatic N) is 1. The van der Waals surface area contributed by atoms with Gasteiger partial charge in [0.2, 0.25) is 0 Å². The predicted molar refractivity (Wildman–Crippen MR) is 89.0 cm³/mol. The predicted octanol–water partition coefficient (Wildman–Crippen LogP) is 3.08. The maximum absolute atomic E-state index is 5.78. The first-order chi connectivity index (χ1) is 10.1. The van der Waals surface area contributed by atoms with E-state index in [1.54, 1.807) is 0 Å². The molecular formula is C18H30N2O. The van der Waals surface area contributed by atoms with Gasteiger partial charge < -0.3 is 15.0 Å². The molecule has 0 unspecified atom stereocenters. The van der Waals surface area contributed by atoms with Gasteiger partial charge in [0.15, 0.2) is 0 Å². The van der Waals surface area contributed by atoms with E-state index in [2.05, 4.69) is 43.1 Å². The molecule has 118 valence electrons. The summed E-state index contributed by atoms with van der Waals surface area (Å²) in [6.07, 6.45) is 2.52. The maximum atomic E-state index is 5.78. The molecule has 3 nitrogen and oxygen atoms in total. The lowest BCUT2D eigenvalue weighted by Gasteiger charge is -2.33. The SMILES string of the molecule is Cc1cccc(OCCNC2CCN(CC(C)C)CC2)c1. The molecule has 0 atom stereocenters. The van der Waals surface area contributed by atoms with E-state index < -0.39 is 0 Å². The Bertz CT molecular complexity index is 411. The zero-order valence-corrected chi connectivity index (χ0v) is 13.8. The first-order valence-electron chi connectivity index (χ1n) is 8.28. The molecule has 2 rings (SSSR count). The van der Waals surface area contributed by atoms with Crippen molar-refractivity contribution in [2.45, 2.75) is 39.7 Å². The molecule has 0 spiro atoms. The van der Waals surface area contributed by atoms with Crippen LogP contribution in [0.2, 0.25) is 0 Å². The van der Waals surface area contributed by atoms with Gasteiger partial charge in [-0.05, 0) is 56.5 Å². The zero-order valence-electron chi connectivity index (χ0n) is 13.8. The Labute approximate surface area is 129 Å². The second-order valence-electron chi connectivity index (χ2n) is 6.59. The van der Waals surface area contributed by atoms with Crippen LogP contribution in [0.15, 0.2) is 24.3 Å². The highest BCUT2D eigenvalue weighted by atomic mass is 16.5. The average Bonchev–Trinajstić information content (AvgIpc) is 2.45. The molecule has 1 aromatic rings. The fraction of sp³-hybridized carbons (Fsp3) is 0.667. The van der Waals surface area contributed by atoms with E-state index in [1.165, 1.54) is 38.0 Å². The van der Waals surface area contributed by atoms with Gasteiger partial charge in [0.25, 0.3) is 0 Å². The molecule has 0 saturated carbocycles. The maximum Gasteiger partial charge on any atom is 0.119 e. The third-order valence-electron chi connectivity index (χ3n) is 4.00. The molecule has 3 heteroatoms. The van der Waals surface area contributed by atoms with Crippen molar-refractivity contribution in [1.29, 1.82) is 0 Å². The molecule has 1 saturated heterocycles. The lowest BCUT2D eigenvalue weighted by Crippen LogP contribution is -2.44. The van der Waals surface area contributed by atoms with E-state index in [0.29, 0.717) is 6.04 Å². The van der Waals surface area contributed by atoms with E-state index in [4.69, 9.17) is 4.74 Å². The van der Waals surface area contributed by atoms with E-state index in [9.17, 15) is 0 Å². The normalized spacial score (nSPS) is 17.3. The summed E-state index contributed by atoms with van der Waals surface area (Å²) in [6, 6.07) is 8.91. The molecule has 0 radical (unpaired) electrons. The minimum atomic E-state index is 0.662. The van der Waals surface area contributed by atoms with Crippen LogP contribution >= 0.6 is 0 Å². The van der Waals surface area contributed by atoms with Crippen molar-refractivity contribution in [2.75, 3.05) is 32.8 Å². The molecule has 1 aromatic carbocycles. The summed E-state index contributed by atoms with van der Waals surface area (Å²) in [6.45, 7) is 12.1. The van der Waals surface area contributed by atoms with Crippen LogP contribution in [0.4, 0.5) is 0 Å². The molecular weight excluding hydrogens is 260 g/mol. The highest BCUT2D eigenvalue weighted by Crippen LogP contribution is 2.13. The van der Waals surface area contributed by atoms with Crippen molar-refractivity contribution in [1.82, 2.24) is 10.2 Å². The van der Waals surface area contributed by atoms with Gasteiger partial charge in [-0.25, -0.2) is 0 Å². The summed E-state index contributed by atoms with van der Waals surface area (Å²) in [5, 5.41) is 3.63. The van der Waals surface area contributed by atoms with Crippen LogP contribution in [0.25, 0.3) is 0 Å². The number of aryl methyl sites for hydroxylation is 1. The summed E-state index contributed by atoms with van der Waals surface area (Å²) in [5.41, 5.74) is 1.25. The van der Waals surface area contributed by atoms with Crippen molar-refractivity contribution >= 4 is 0 Å². The van der Waals surface area contributed by atoms with Crippen molar-refractivity contribution in [3.8, 4) is 5.75 Å². The highest BCUT2D eigenvalue weighted by Gasteiger charge is 2.18. The minimum Gasteiger partial charge on any atom is -0.492 e. The van der Waals surface area contributed by atoms with Crippen LogP contribution in [-0.2, 0) is 0 Å². The third kappa shape index (κ3) is 6.06. The monoisotopic (exact) mass is 290 g/mol. The van der Waals surface area contributed by atoms with Gasteiger partial charge >= 0.3 is 0 Å². The van der Waals surface area contributed by atoms with E-state index in [-0.39, 0.29) is 0 Å². The van der Waals surface area contributed by atoms with Gasteiger partial charge in [0.1, 0.15) is 12.4 Å². The molecule has 1 fully saturated rings. The Kier molecular flexibility index (Phi) is 6.52. The highest BCUT2D eigenvalue weighted by molar-refractivity contribution is 5.27. The molecule has 0 aromatic heterocycles. The Morgan fingerprint density at radius 2 is 2.05 bits per heavy atom. The lowest BCUT2D eigenvalue weighted by atomic mass is 10.0. The fourth-order valence-corrected chi connectivity index (χ4v) is 2.97. The first kappa shape index (κ1) is 16.3. The van der Waals surface area contributed by atoms with E-state index in [1.807, 2.05) is 12.1 Å². The number of ether oxygens (including phenoxy) is 1. The van der Waals surface area contributed by atoms with E-state index >= 15 is 0 Å². The number of hydrogen-bond acceptors (Lipinski definition) is 3. The zero-order chi connectivity index (χ0) is 15.1. The lowest BCUT2D eigenvalue weighted by molar-refractivity contribution is 0.176. The van der Waals surface area contributed by atoms with Crippen LogP contribution in [-0.4, -0.2) is 43.7 Å². The van der Waals surface area contributed by atoms with Crippen LogP contribution in [0.3, 0.4) is 0 Å². The largest absolute Gasteiger partial charge is 0.492 e. The molecule has 1 heterocycles. The molecule has 0 amide bonds. The summed E-state index contributed by atoms with van der Waals surface area (Å²) >= 11 is 0. The minimum absolute atomic E-state index is 0.662. The summed E-state index contributed by atoms with van der Waals surface area (Å²) in [7, 11) is 0. The van der Waals surface area contributed by atoms with Crippen LogP contribution in [0.5, 0.6) is 5.75 Å². The molecule has 1 aliphatic heterocycles. The Morgan fingerprint density at radius 3 is 2.71 bits per heavy atom. The summed E-state index contributed by atoms with van der Waals surface area (Å²) in [5.74, 6) is 1.75. The van der Waals surface area contributed by atoms with E-state index in [0.717, 1.165) is 24.8 Å².